The van der Waals surface area contributed by atoms with Gasteiger partial charge in [0, 0.05) is 12.7 Å². The van der Waals surface area contributed by atoms with Crippen LogP contribution >= 0.6 is 11.8 Å². The number of hydrogen-bond acceptors (Lipinski definition) is 5. The third-order valence-corrected chi connectivity index (χ3v) is 4.42. The lowest BCUT2D eigenvalue weighted by atomic mass is 10.1. The quantitative estimate of drug-likeness (QED) is 0.837. The molecule has 7 nitrogen and oxygen atoms in total. The van der Waals surface area contributed by atoms with Crippen molar-refractivity contribution in [2.24, 2.45) is 7.05 Å². The molecule has 0 fully saturated rings. The van der Waals surface area contributed by atoms with Gasteiger partial charge in [-0.2, -0.15) is 0 Å². The fraction of sp³-hybridized carbons (Fsp3) is 0.333. The van der Waals surface area contributed by atoms with Crippen LogP contribution in [0.25, 0.3) is 0 Å². The van der Waals surface area contributed by atoms with Crippen LogP contribution in [0.4, 0.5) is 10.5 Å². The minimum Gasteiger partial charge on any atom is -0.309 e. The average Bonchev–Trinajstić information content (AvgIpc) is 2.80. The van der Waals surface area contributed by atoms with Gasteiger partial charge in [0.15, 0.2) is 5.16 Å². The molecule has 0 aliphatic carbocycles. The highest BCUT2D eigenvalue weighted by Crippen LogP contribution is 2.15. The standard InChI is InChI=1S/C15H19N5O2S/c1-9-5-6-12(7-10(9)2)16-14(22)17-13(21)8-23-15-19-18-11(3)20(15)4/h5-7H,8H2,1-4H3,(H2,16,17,21,22). The van der Waals surface area contributed by atoms with Gasteiger partial charge in [-0.1, -0.05) is 17.8 Å². The van der Waals surface area contributed by atoms with Crippen LogP contribution in [-0.2, 0) is 11.8 Å². The zero-order chi connectivity index (χ0) is 17.0. The lowest BCUT2D eigenvalue weighted by Gasteiger charge is -2.08. The lowest BCUT2D eigenvalue weighted by molar-refractivity contribution is -0.117. The molecule has 0 unspecified atom stereocenters. The Kier molecular flexibility index (Phi) is 5.38. The Hall–Kier alpha value is -2.35. The maximum absolute atomic E-state index is 11.8. The Bertz CT molecular complexity index is 741. The molecular weight excluding hydrogens is 314 g/mol. The molecule has 0 saturated carbocycles. The number of benzene rings is 1. The van der Waals surface area contributed by atoms with E-state index in [1.54, 1.807) is 10.6 Å². The van der Waals surface area contributed by atoms with Gasteiger partial charge in [-0.05, 0) is 44.0 Å². The summed E-state index contributed by atoms with van der Waals surface area (Å²) >= 11 is 1.23. The van der Waals surface area contributed by atoms with E-state index in [9.17, 15) is 9.59 Å². The topological polar surface area (TPSA) is 88.9 Å². The maximum Gasteiger partial charge on any atom is 0.325 e. The molecule has 2 aromatic rings. The Balaban J connectivity index is 1.83. The molecule has 0 bridgehead atoms. The summed E-state index contributed by atoms with van der Waals surface area (Å²) in [6, 6.07) is 5.02. The first-order valence-corrected chi connectivity index (χ1v) is 8.02. The summed E-state index contributed by atoms with van der Waals surface area (Å²) in [4.78, 5) is 23.6. The first-order valence-electron chi connectivity index (χ1n) is 7.03. The van der Waals surface area contributed by atoms with Gasteiger partial charge >= 0.3 is 6.03 Å². The van der Waals surface area contributed by atoms with Gasteiger partial charge in [0.05, 0.1) is 5.75 Å². The van der Waals surface area contributed by atoms with Gasteiger partial charge in [0.25, 0.3) is 0 Å². The molecule has 0 radical (unpaired) electrons. The first-order chi connectivity index (χ1) is 10.9. The predicted octanol–water partition coefficient (Wildman–Crippen LogP) is 2.18. The number of rotatable bonds is 4. The zero-order valence-corrected chi connectivity index (χ0v) is 14.3. The molecule has 8 heteroatoms. The maximum atomic E-state index is 11.8. The zero-order valence-electron chi connectivity index (χ0n) is 13.5. The van der Waals surface area contributed by atoms with Gasteiger partial charge in [-0.15, -0.1) is 10.2 Å². The van der Waals surface area contributed by atoms with Crippen LogP contribution < -0.4 is 10.6 Å². The van der Waals surface area contributed by atoms with Crippen molar-refractivity contribution in [1.29, 1.82) is 0 Å². The van der Waals surface area contributed by atoms with E-state index in [1.807, 2.05) is 40.0 Å². The first kappa shape index (κ1) is 17.0. The van der Waals surface area contributed by atoms with Crippen LogP contribution in [0.15, 0.2) is 23.4 Å². The second kappa shape index (κ2) is 7.28. The summed E-state index contributed by atoms with van der Waals surface area (Å²) in [6.45, 7) is 5.78. The average molecular weight is 333 g/mol. The van der Waals surface area contributed by atoms with Crippen molar-refractivity contribution in [3.05, 3.63) is 35.2 Å². The van der Waals surface area contributed by atoms with E-state index in [0.29, 0.717) is 10.8 Å². The third-order valence-electron chi connectivity index (χ3n) is 3.40. The van der Waals surface area contributed by atoms with Crippen molar-refractivity contribution in [2.45, 2.75) is 25.9 Å². The Morgan fingerprint density at radius 3 is 2.52 bits per heavy atom. The molecule has 0 aliphatic heterocycles. The third kappa shape index (κ3) is 4.56. The summed E-state index contributed by atoms with van der Waals surface area (Å²) in [5.41, 5.74) is 2.86. The van der Waals surface area contributed by atoms with Gasteiger partial charge < -0.3 is 9.88 Å². The molecular formula is C15H19N5O2S. The van der Waals surface area contributed by atoms with E-state index in [2.05, 4.69) is 20.8 Å². The molecule has 2 rings (SSSR count). The number of carbonyl (C=O) groups is 2. The lowest BCUT2D eigenvalue weighted by Crippen LogP contribution is -2.35. The number of imide groups is 1. The Morgan fingerprint density at radius 1 is 1.17 bits per heavy atom. The van der Waals surface area contributed by atoms with Crippen LogP contribution in [-0.4, -0.2) is 32.5 Å². The number of nitrogens with zero attached hydrogens (tertiary/aromatic N) is 3. The number of nitrogens with one attached hydrogen (secondary N) is 2. The minimum absolute atomic E-state index is 0.0896. The smallest absolute Gasteiger partial charge is 0.309 e. The summed E-state index contributed by atoms with van der Waals surface area (Å²) in [6.07, 6.45) is 0. The fourth-order valence-corrected chi connectivity index (χ4v) is 2.54. The summed E-state index contributed by atoms with van der Waals surface area (Å²) in [5, 5.41) is 13.4. The monoisotopic (exact) mass is 333 g/mol. The molecule has 1 aromatic carbocycles. The van der Waals surface area contributed by atoms with Crippen molar-refractivity contribution in [2.75, 3.05) is 11.1 Å². The van der Waals surface area contributed by atoms with Crippen molar-refractivity contribution in [1.82, 2.24) is 20.1 Å². The molecule has 0 atom stereocenters. The molecule has 0 spiro atoms. The highest BCUT2D eigenvalue weighted by atomic mass is 32.2. The highest BCUT2D eigenvalue weighted by Gasteiger charge is 2.12. The predicted molar refractivity (Wildman–Crippen MR) is 89.5 cm³/mol. The Morgan fingerprint density at radius 2 is 1.91 bits per heavy atom. The van der Waals surface area contributed by atoms with Gasteiger partial charge in [0.1, 0.15) is 5.82 Å². The van der Waals surface area contributed by atoms with Crippen LogP contribution in [0, 0.1) is 20.8 Å². The van der Waals surface area contributed by atoms with E-state index >= 15 is 0 Å². The van der Waals surface area contributed by atoms with E-state index in [0.717, 1.165) is 17.0 Å². The van der Waals surface area contributed by atoms with Gasteiger partial charge in [0.2, 0.25) is 5.91 Å². The second-order valence-electron chi connectivity index (χ2n) is 5.18. The number of amides is 3. The van der Waals surface area contributed by atoms with Crippen LogP contribution in [0.1, 0.15) is 17.0 Å². The fourth-order valence-electron chi connectivity index (χ4n) is 1.79. The highest BCUT2D eigenvalue weighted by molar-refractivity contribution is 7.99. The molecule has 1 heterocycles. The molecule has 2 N–H and O–H groups in total. The van der Waals surface area contributed by atoms with Crippen LogP contribution in [0.3, 0.4) is 0 Å². The van der Waals surface area contributed by atoms with E-state index in [1.165, 1.54) is 11.8 Å². The molecule has 1 aromatic heterocycles. The van der Waals surface area contributed by atoms with Crippen LogP contribution in [0.2, 0.25) is 0 Å². The number of thioether (sulfide) groups is 1. The summed E-state index contributed by atoms with van der Waals surface area (Å²) in [7, 11) is 1.82. The SMILES string of the molecule is Cc1ccc(NC(=O)NC(=O)CSc2nnc(C)n2C)cc1C. The number of aromatic nitrogens is 3. The van der Waals surface area contributed by atoms with Gasteiger partial charge in [-0.3, -0.25) is 10.1 Å². The van der Waals surface area contributed by atoms with Crippen molar-refractivity contribution in [3.63, 3.8) is 0 Å². The number of hydrogen-bond donors (Lipinski definition) is 2. The largest absolute Gasteiger partial charge is 0.325 e. The minimum atomic E-state index is -0.548. The molecule has 3 amide bonds. The molecule has 0 aliphatic rings. The molecule has 23 heavy (non-hydrogen) atoms. The number of anilines is 1. The molecule has 0 saturated heterocycles. The van der Waals surface area contributed by atoms with E-state index in [-0.39, 0.29) is 5.75 Å². The second-order valence-corrected chi connectivity index (χ2v) is 6.12. The Labute approximate surface area is 138 Å². The van der Waals surface area contributed by atoms with Crippen LogP contribution in [0.5, 0.6) is 0 Å². The van der Waals surface area contributed by atoms with E-state index < -0.39 is 11.9 Å². The van der Waals surface area contributed by atoms with Crippen molar-refractivity contribution < 1.29 is 9.59 Å². The number of urea groups is 1. The van der Waals surface area contributed by atoms with E-state index in [4.69, 9.17) is 0 Å². The van der Waals surface area contributed by atoms with Gasteiger partial charge in [-0.25, -0.2) is 4.79 Å². The summed E-state index contributed by atoms with van der Waals surface area (Å²) in [5.74, 6) is 0.462. The van der Waals surface area contributed by atoms with Crippen molar-refractivity contribution in [3.8, 4) is 0 Å². The number of aryl methyl sites for hydroxylation is 3. The van der Waals surface area contributed by atoms with Crippen molar-refractivity contribution >= 4 is 29.4 Å². The normalized spacial score (nSPS) is 10.4. The number of carbonyl (C=O) groups excluding carboxylic acids is 2. The summed E-state index contributed by atoms with van der Waals surface area (Å²) < 4.78 is 1.78. The molecule has 122 valence electrons.